The van der Waals surface area contributed by atoms with Gasteiger partial charge in [0.05, 0.1) is 10.9 Å². The van der Waals surface area contributed by atoms with E-state index < -0.39 is 0 Å². The van der Waals surface area contributed by atoms with Crippen molar-refractivity contribution in [3.05, 3.63) is 23.1 Å². The molecule has 4 heteroatoms. The first-order chi connectivity index (χ1) is 8.95. The van der Waals surface area contributed by atoms with Crippen LogP contribution in [0.5, 0.6) is 0 Å². The van der Waals surface area contributed by atoms with Crippen LogP contribution in [0.2, 0.25) is 0 Å². The lowest BCUT2D eigenvalue weighted by Crippen LogP contribution is -2.32. The maximum Gasteiger partial charge on any atom is 0.125 e. The first-order valence-corrected chi connectivity index (χ1v) is 7.67. The zero-order valence-corrected chi connectivity index (χ0v) is 12.8. The normalized spacial score (nSPS) is 19.1. The van der Waals surface area contributed by atoms with Crippen LogP contribution in [0.4, 0.5) is 5.82 Å². The van der Waals surface area contributed by atoms with E-state index in [1.807, 2.05) is 11.3 Å². The van der Waals surface area contributed by atoms with E-state index in [4.69, 9.17) is 5.10 Å². The Morgan fingerprint density at radius 1 is 1.37 bits per heavy atom. The molecule has 3 heterocycles. The third-order valence-corrected chi connectivity index (χ3v) is 4.77. The third kappa shape index (κ3) is 2.29. The monoisotopic (exact) mass is 275 g/mol. The van der Waals surface area contributed by atoms with E-state index in [2.05, 4.69) is 55.9 Å². The lowest BCUT2D eigenvalue weighted by atomic mass is 9.84. The molecular weight excluding hydrogens is 254 g/mol. The SMILES string of the molecule is Cc1ccc(-c2cc3n(n2)C(C(C)(C)C)CCN3)s1. The van der Waals surface area contributed by atoms with Gasteiger partial charge in [0, 0.05) is 17.5 Å². The smallest absolute Gasteiger partial charge is 0.125 e. The molecule has 2 aromatic rings. The number of thiophene rings is 1. The summed E-state index contributed by atoms with van der Waals surface area (Å²) in [6.07, 6.45) is 1.14. The highest BCUT2D eigenvalue weighted by Crippen LogP contribution is 2.39. The first kappa shape index (κ1) is 12.7. The topological polar surface area (TPSA) is 29.9 Å². The minimum atomic E-state index is 0.242. The van der Waals surface area contributed by atoms with E-state index in [1.165, 1.54) is 9.75 Å². The number of nitrogens with one attached hydrogen (secondary N) is 1. The summed E-state index contributed by atoms with van der Waals surface area (Å²) in [6, 6.07) is 6.98. The Morgan fingerprint density at radius 2 is 2.16 bits per heavy atom. The molecule has 0 aromatic carbocycles. The number of anilines is 1. The van der Waals surface area contributed by atoms with E-state index in [0.29, 0.717) is 6.04 Å². The van der Waals surface area contributed by atoms with Gasteiger partial charge in [-0.3, -0.25) is 0 Å². The fourth-order valence-electron chi connectivity index (χ4n) is 2.72. The fraction of sp³-hybridized carbons (Fsp3) is 0.533. The first-order valence-electron chi connectivity index (χ1n) is 6.85. The number of hydrogen-bond acceptors (Lipinski definition) is 3. The number of hydrogen-bond donors (Lipinski definition) is 1. The summed E-state index contributed by atoms with van der Waals surface area (Å²) in [5, 5.41) is 8.31. The number of aryl methyl sites for hydroxylation is 1. The van der Waals surface area contributed by atoms with Crippen LogP contribution in [-0.4, -0.2) is 16.3 Å². The van der Waals surface area contributed by atoms with Gasteiger partial charge in [0.1, 0.15) is 11.5 Å². The van der Waals surface area contributed by atoms with Crippen LogP contribution in [0.3, 0.4) is 0 Å². The Labute approximate surface area is 118 Å². The van der Waals surface area contributed by atoms with Crippen molar-refractivity contribution in [2.45, 2.75) is 40.2 Å². The lowest BCUT2D eigenvalue weighted by Gasteiger charge is -2.35. The van der Waals surface area contributed by atoms with Crippen molar-refractivity contribution in [2.24, 2.45) is 5.41 Å². The summed E-state index contributed by atoms with van der Waals surface area (Å²) < 4.78 is 2.19. The Hall–Kier alpha value is -1.29. The Morgan fingerprint density at radius 3 is 2.79 bits per heavy atom. The number of aromatic nitrogens is 2. The van der Waals surface area contributed by atoms with Gasteiger partial charge in [-0.25, -0.2) is 4.68 Å². The number of nitrogens with zero attached hydrogens (tertiary/aromatic N) is 2. The van der Waals surface area contributed by atoms with Crippen molar-refractivity contribution in [3.8, 4) is 10.6 Å². The zero-order valence-electron chi connectivity index (χ0n) is 12.0. The predicted octanol–water partition coefficient (Wildman–Crippen LogP) is 4.32. The maximum absolute atomic E-state index is 4.85. The standard InChI is InChI=1S/C15H21N3S/c1-10-5-6-12(19-10)11-9-14-16-8-7-13(15(2,3)4)18(14)17-11/h5-6,9,13,16H,7-8H2,1-4H3. The molecule has 1 atom stereocenters. The van der Waals surface area contributed by atoms with Gasteiger partial charge in [-0.2, -0.15) is 5.10 Å². The highest BCUT2D eigenvalue weighted by molar-refractivity contribution is 7.15. The molecule has 1 unspecified atom stereocenters. The molecule has 1 aliphatic rings. The molecule has 0 fully saturated rings. The quantitative estimate of drug-likeness (QED) is 0.840. The minimum Gasteiger partial charge on any atom is -0.370 e. The van der Waals surface area contributed by atoms with Gasteiger partial charge in [-0.05, 0) is 30.9 Å². The van der Waals surface area contributed by atoms with Gasteiger partial charge in [0.2, 0.25) is 0 Å². The maximum atomic E-state index is 4.85. The van der Waals surface area contributed by atoms with Crippen LogP contribution in [0.1, 0.15) is 38.1 Å². The molecule has 0 spiro atoms. The molecule has 2 aromatic heterocycles. The average molecular weight is 275 g/mol. The summed E-state index contributed by atoms with van der Waals surface area (Å²) in [6.45, 7) is 10.1. The Bertz CT molecular complexity index is 589. The van der Waals surface area contributed by atoms with E-state index >= 15 is 0 Å². The van der Waals surface area contributed by atoms with Crippen LogP contribution in [0, 0.1) is 12.3 Å². The van der Waals surface area contributed by atoms with Gasteiger partial charge in [0.25, 0.3) is 0 Å². The third-order valence-electron chi connectivity index (χ3n) is 3.75. The van der Waals surface area contributed by atoms with E-state index in [-0.39, 0.29) is 5.41 Å². The van der Waals surface area contributed by atoms with Gasteiger partial charge < -0.3 is 5.32 Å². The lowest BCUT2D eigenvalue weighted by molar-refractivity contribution is 0.211. The van der Waals surface area contributed by atoms with E-state index in [9.17, 15) is 0 Å². The summed E-state index contributed by atoms with van der Waals surface area (Å²) in [5.74, 6) is 1.16. The summed E-state index contributed by atoms with van der Waals surface area (Å²) in [5.41, 5.74) is 1.34. The van der Waals surface area contributed by atoms with Crippen molar-refractivity contribution in [2.75, 3.05) is 11.9 Å². The average Bonchev–Trinajstić information content (AvgIpc) is 2.92. The van der Waals surface area contributed by atoms with E-state index in [1.54, 1.807) is 0 Å². The Kier molecular flexibility index (Phi) is 2.93. The largest absolute Gasteiger partial charge is 0.370 e. The van der Waals surface area contributed by atoms with Crippen molar-refractivity contribution in [1.29, 1.82) is 0 Å². The second-order valence-electron chi connectivity index (χ2n) is 6.37. The summed E-state index contributed by atoms with van der Waals surface area (Å²) in [7, 11) is 0. The van der Waals surface area contributed by atoms with Gasteiger partial charge in [-0.15, -0.1) is 11.3 Å². The van der Waals surface area contributed by atoms with Crippen LogP contribution in [0.25, 0.3) is 10.6 Å². The second-order valence-corrected chi connectivity index (χ2v) is 7.65. The molecule has 0 bridgehead atoms. The highest BCUT2D eigenvalue weighted by atomic mass is 32.1. The van der Waals surface area contributed by atoms with Crippen LogP contribution in [-0.2, 0) is 0 Å². The molecule has 3 nitrogen and oxygen atoms in total. The highest BCUT2D eigenvalue weighted by Gasteiger charge is 2.31. The molecular formula is C15H21N3S. The molecule has 19 heavy (non-hydrogen) atoms. The van der Waals surface area contributed by atoms with Crippen molar-refractivity contribution in [1.82, 2.24) is 9.78 Å². The summed E-state index contributed by atoms with van der Waals surface area (Å²) in [4.78, 5) is 2.59. The molecule has 0 aliphatic carbocycles. The van der Waals surface area contributed by atoms with Crippen LogP contribution in [0.15, 0.2) is 18.2 Å². The molecule has 0 amide bonds. The zero-order chi connectivity index (χ0) is 13.6. The van der Waals surface area contributed by atoms with Gasteiger partial charge >= 0.3 is 0 Å². The van der Waals surface area contributed by atoms with Gasteiger partial charge in [0.15, 0.2) is 0 Å². The molecule has 1 aliphatic heterocycles. The van der Waals surface area contributed by atoms with Crippen molar-refractivity contribution < 1.29 is 0 Å². The number of fused-ring (bicyclic) bond motifs is 1. The molecule has 0 saturated heterocycles. The molecule has 3 rings (SSSR count). The molecule has 0 radical (unpaired) electrons. The summed E-state index contributed by atoms with van der Waals surface area (Å²) >= 11 is 1.81. The fourth-order valence-corrected chi connectivity index (χ4v) is 3.54. The molecule has 102 valence electrons. The predicted molar refractivity (Wildman–Crippen MR) is 81.9 cm³/mol. The van der Waals surface area contributed by atoms with E-state index in [0.717, 1.165) is 24.5 Å². The van der Waals surface area contributed by atoms with Gasteiger partial charge in [-0.1, -0.05) is 20.8 Å². The molecule has 0 saturated carbocycles. The van der Waals surface area contributed by atoms with Crippen LogP contribution < -0.4 is 5.32 Å². The second kappa shape index (κ2) is 4.37. The Balaban J connectivity index is 2.02. The minimum absolute atomic E-state index is 0.242. The van der Waals surface area contributed by atoms with Crippen molar-refractivity contribution in [3.63, 3.8) is 0 Å². The number of rotatable bonds is 1. The van der Waals surface area contributed by atoms with Crippen molar-refractivity contribution >= 4 is 17.2 Å². The molecule has 1 N–H and O–H groups in total. The van der Waals surface area contributed by atoms with Crippen LogP contribution >= 0.6 is 11.3 Å².